The van der Waals surface area contributed by atoms with Gasteiger partial charge in [-0.15, -0.1) is 5.10 Å². The van der Waals surface area contributed by atoms with Crippen LogP contribution in [0.1, 0.15) is 18.2 Å². The molecule has 0 radical (unpaired) electrons. The molecule has 1 aromatic heterocycles. The van der Waals surface area contributed by atoms with Gasteiger partial charge in [-0.25, -0.2) is 10.1 Å². The molecule has 0 atom stereocenters. The summed E-state index contributed by atoms with van der Waals surface area (Å²) in [6, 6.07) is 10.0. The van der Waals surface area contributed by atoms with E-state index in [-0.39, 0.29) is 5.91 Å². The van der Waals surface area contributed by atoms with Gasteiger partial charge in [0.05, 0.1) is 12.7 Å². The lowest BCUT2D eigenvalue weighted by Crippen LogP contribution is -2.11. The van der Waals surface area contributed by atoms with E-state index in [1.807, 2.05) is 36.5 Å². The van der Waals surface area contributed by atoms with E-state index >= 15 is 0 Å². The van der Waals surface area contributed by atoms with E-state index in [1.54, 1.807) is 16.8 Å². The van der Waals surface area contributed by atoms with Crippen molar-refractivity contribution in [2.24, 2.45) is 5.10 Å². The van der Waals surface area contributed by atoms with Crippen LogP contribution in [-0.4, -0.2) is 27.1 Å². The van der Waals surface area contributed by atoms with E-state index in [9.17, 15) is 4.79 Å². The van der Waals surface area contributed by atoms with Crippen molar-refractivity contribution >= 4 is 18.2 Å². The highest BCUT2D eigenvalue weighted by atomic mass is 16.2. The molecule has 0 saturated heterocycles. The number of carbonyl (C=O) groups excluding carboxylic acids is 1. The predicted octanol–water partition coefficient (Wildman–Crippen LogP) is 1.46. The molecule has 0 saturated carbocycles. The molecule has 6 nitrogen and oxygen atoms in total. The van der Waals surface area contributed by atoms with E-state index in [0.29, 0.717) is 6.54 Å². The van der Waals surface area contributed by atoms with Gasteiger partial charge in [0.15, 0.2) is 0 Å². The fraction of sp³-hybridized carbons (Fsp3) is 0.143. The van der Waals surface area contributed by atoms with Crippen molar-refractivity contribution in [1.29, 1.82) is 0 Å². The van der Waals surface area contributed by atoms with Crippen LogP contribution >= 0.6 is 0 Å². The number of carbonyl (C=O) groups is 1. The highest BCUT2D eigenvalue weighted by Crippen LogP contribution is 2.02. The number of nitrogens with one attached hydrogen (secondary N) is 1. The molecular weight excluding hydrogens is 254 g/mol. The largest absolute Gasteiger partial charge is 0.274 e. The molecule has 0 aliphatic heterocycles. The summed E-state index contributed by atoms with van der Waals surface area (Å²) < 4.78 is 1.76. The number of hydrogen-bond acceptors (Lipinski definition) is 4. The first-order chi connectivity index (χ1) is 9.74. The van der Waals surface area contributed by atoms with Crippen molar-refractivity contribution in [3.05, 3.63) is 53.9 Å². The maximum Gasteiger partial charge on any atom is 0.236 e. The lowest BCUT2D eigenvalue weighted by Gasteiger charge is -1.98. The summed E-state index contributed by atoms with van der Waals surface area (Å²) in [6.45, 7) is 2.08. The highest BCUT2D eigenvalue weighted by Gasteiger charge is 1.98. The lowest BCUT2D eigenvalue weighted by atomic mass is 10.2. The van der Waals surface area contributed by atoms with Crippen molar-refractivity contribution < 1.29 is 4.79 Å². The summed E-state index contributed by atoms with van der Waals surface area (Å²) in [5, 5.41) is 11.8. The number of allylic oxidation sites excluding steroid dienone is 1. The summed E-state index contributed by atoms with van der Waals surface area (Å²) in [4.78, 5) is 10.6. The average molecular weight is 269 g/mol. The van der Waals surface area contributed by atoms with Gasteiger partial charge < -0.3 is 0 Å². The molecule has 0 fully saturated rings. The molecule has 6 heteroatoms. The van der Waals surface area contributed by atoms with Gasteiger partial charge in [0, 0.05) is 13.1 Å². The quantitative estimate of drug-likeness (QED) is 0.659. The Hall–Kier alpha value is -2.76. The van der Waals surface area contributed by atoms with Crippen LogP contribution in [0.3, 0.4) is 0 Å². The van der Waals surface area contributed by atoms with Crippen LogP contribution in [0.4, 0.5) is 0 Å². The number of hydrogen-bond donors (Lipinski definition) is 1. The van der Waals surface area contributed by atoms with E-state index in [1.165, 1.54) is 18.7 Å². The summed E-state index contributed by atoms with van der Waals surface area (Å²) in [7, 11) is 0. The first kappa shape index (κ1) is 13.7. The third kappa shape index (κ3) is 4.49. The second-order valence-corrected chi connectivity index (χ2v) is 4.13. The van der Waals surface area contributed by atoms with E-state index in [2.05, 4.69) is 20.8 Å². The van der Waals surface area contributed by atoms with Crippen molar-refractivity contribution in [2.75, 3.05) is 0 Å². The van der Waals surface area contributed by atoms with Gasteiger partial charge >= 0.3 is 0 Å². The minimum Gasteiger partial charge on any atom is -0.274 e. The SMILES string of the molecule is CC(=O)N/N=C\C=C\c1cn(Cc2ccccc2)nn1. The van der Waals surface area contributed by atoms with Crippen LogP contribution in [-0.2, 0) is 11.3 Å². The Morgan fingerprint density at radius 3 is 2.95 bits per heavy atom. The van der Waals surface area contributed by atoms with Crippen LogP contribution in [0.2, 0.25) is 0 Å². The number of amides is 1. The predicted molar refractivity (Wildman–Crippen MR) is 76.9 cm³/mol. The Morgan fingerprint density at radius 1 is 1.40 bits per heavy atom. The van der Waals surface area contributed by atoms with Crippen molar-refractivity contribution in [2.45, 2.75) is 13.5 Å². The van der Waals surface area contributed by atoms with Gasteiger partial charge in [0.1, 0.15) is 5.69 Å². The fourth-order valence-corrected chi connectivity index (χ4v) is 1.55. The normalized spacial score (nSPS) is 11.2. The molecule has 2 rings (SSSR count). The molecule has 1 N–H and O–H groups in total. The number of benzene rings is 1. The van der Waals surface area contributed by atoms with Crippen LogP contribution in [0.5, 0.6) is 0 Å². The Morgan fingerprint density at radius 2 is 2.20 bits per heavy atom. The molecule has 0 aliphatic carbocycles. The maximum absolute atomic E-state index is 10.6. The van der Waals surface area contributed by atoms with Gasteiger partial charge in [-0.3, -0.25) is 4.79 Å². The van der Waals surface area contributed by atoms with E-state index in [4.69, 9.17) is 0 Å². The molecule has 1 amide bonds. The summed E-state index contributed by atoms with van der Waals surface area (Å²) >= 11 is 0. The molecule has 0 spiro atoms. The third-order valence-corrected chi connectivity index (χ3v) is 2.39. The smallest absolute Gasteiger partial charge is 0.236 e. The molecule has 2 aromatic rings. The lowest BCUT2D eigenvalue weighted by molar-refractivity contribution is -0.118. The molecule has 102 valence electrons. The first-order valence-electron chi connectivity index (χ1n) is 6.14. The van der Waals surface area contributed by atoms with Crippen molar-refractivity contribution in [1.82, 2.24) is 20.4 Å². The Kier molecular flexibility index (Phi) is 4.77. The standard InChI is InChI=1S/C14H15N5O/c1-12(20)16-15-9-5-8-14-11-19(18-17-14)10-13-6-3-2-4-7-13/h2-9,11H,10H2,1H3,(H,16,20)/b8-5+,15-9-. The summed E-state index contributed by atoms with van der Waals surface area (Å²) in [5.74, 6) is -0.205. The molecule has 0 unspecified atom stereocenters. The first-order valence-corrected chi connectivity index (χ1v) is 6.14. The van der Waals surface area contributed by atoms with Gasteiger partial charge in [-0.2, -0.15) is 5.10 Å². The topological polar surface area (TPSA) is 72.2 Å². The molecule has 0 aliphatic rings. The van der Waals surface area contributed by atoms with Crippen molar-refractivity contribution in [3.63, 3.8) is 0 Å². The van der Waals surface area contributed by atoms with Gasteiger partial charge in [-0.05, 0) is 17.7 Å². The highest BCUT2D eigenvalue weighted by molar-refractivity contribution is 5.79. The minimum atomic E-state index is -0.205. The van der Waals surface area contributed by atoms with E-state index in [0.717, 1.165) is 5.69 Å². The van der Waals surface area contributed by atoms with Crippen LogP contribution < -0.4 is 5.43 Å². The Balaban J connectivity index is 1.91. The summed E-state index contributed by atoms with van der Waals surface area (Å²) in [5.41, 5.74) is 4.21. The molecule has 0 bridgehead atoms. The minimum absolute atomic E-state index is 0.205. The van der Waals surface area contributed by atoms with Crippen molar-refractivity contribution in [3.8, 4) is 0 Å². The third-order valence-electron chi connectivity index (χ3n) is 2.39. The van der Waals surface area contributed by atoms with Crippen LogP contribution in [0.25, 0.3) is 6.08 Å². The van der Waals surface area contributed by atoms with Crippen LogP contribution in [0, 0.1) is 0 Å². The number of rotatable bonds is 5. The summed E-state index contributed by atoms with van der Waals surface area (Å²) in [6.07, 6.45) is 6.78. The maximum atomic E-state index is 10.6. The Bertz CT molecular complexity index is 616. The fourth-order valence-electron chi connectivity index (χ4n) is 1.55. The molecule has 1 aromatic carbocycles. The second kappa shape index (κ2) is 6.98. The van der Waals surface area contributed by atoms with Crippen LogP contribution in [0.15, 0.2) is 47.7 Å². The second-order valence-electron chi connectivity index (χ2n) is 4.13. The number of hydrazone groups is 1. The molecule has 1 heterocycles. The van der Waals surface area contributed by atoms with Gasteiger partial charge in [0.25, 0.3) is 0 Å². The molecular formula is C14H15N5O. The zero-order valence-corrected chi connectivity index (χ0v) is 11.1. The molecule has 20 heavy (non-hydrogen) atoms. The zero-order chi connectivity index (χ0) is 14.2. The monoisotopic (exact) mass is 269 g/mol. The number of aromatic nitrogens is 3. The Labute approximate surface area is 116 Å². The number of nitrogens with zero attached hydrogens (tertiary/aromatic N) is 4. The van der Waals surface area contributed by atoms with Gasteiger partial charge in [-0.1, -0.05) is 35.5 Å². The zero-order valence-electron chi connectivity index (χ0n) is 11.1. The average Bonchev–Trinajstić information content (AvgIpc) is 2.87. The van der Waals surface area contributed by atoms with Gasteiger partial charge in [0.2, 0.25) is 5.91 Å². The van der Waals surface area contributed by atoms with E-state index < -0.39 is 0 Å².